The number of thiophene rings is 1. The average molecular weight is 399 g/mol. The maximum atomic E-state index is 12.3. The second-order valence-electron chi connectivity index (χ2n) is 6.38. The quantitative estimate of drug-likeness (QED) is 0.773. The molecule has 1 aliphatic heterocycles. The largest absolute Gasteiger partial charge is 0.457 e. The molecule has 0 saturated carbocycles. The lowest BCUT2D eigenvalue weighted by atomic mass is 9.97. The molecule has 1 unspecified atom stereocenters. The highest BCUT2D eigenvalue weighted by molar-refractivity contribution is 7.88. The summed E-state index contributed by atoms with van der Waals surface area (Å²) in [5.41, 5.74) is 0. The number of carbonyl (C=O) groups is 1. The Morgan fingerprint density at radius 2 is 2.12 bits per heavy atom. The molecule has 9 heteroatoms. The van der Waals surface area contributed by atoms with Gasteiger partial charge in [0.15, 0.2) is 0 Å². The van der Waals surface area contributed by atoms with Crippen LogP contribution in [0.25, 0.3) is 10.6 Å². The van der Waals surface area contributed by atoms with Gasteiger partial charge in [-0.05, 0) is 36.4 Å². The summed E-state index contributed by atoms with van der Waals surface area (Å²) in [7, 11) is -3.20. The Balaban J connectivity index is 1.49. The summed E-state index contributed by atoms with van der Waals surface area (Å²) >= 11 is 1.55. The van der Waals surface area contributed by atoms with Crippen LogP contribution in [0.2, 0.25) is 0 Å². The lowest BCUT2D eigenvalue weighted by Crippen LogP contribution is -2.43. The normalized spacial score (nSPS) is 17.9. The molecule has 7 nitrogen and oxygen atoms in total. The predicted molar refractivity (Wildman–Crippen MR) is 99.1 cm³/mol. The SMILES string of the molecule is CS(=O)(=O)N1CCC(C(=O)NCC(O)c2ccc(-c3cccs3)o2)CC1. The molecule has 1 fully saturated rings. The van der Waals surface area contributed by atoms with Crippen LogP contribution in [0.15, 0.2) is 34.1 Å². The topological polar surface area (TPSA) is 99.9 Å². The van der Waals surface area contributed by atoms with Gasteiger partial charge in [-0.15, -0.1) is 11.3 Å². The molecule has 1 saturated heterocycles. The maximum absolute atomic E-state index is 12.3. The molecule has 2 N–H and O–H groups in total. The van der Waals surface area contributed by atoms with E-state index in [0.29, 0.717) is 37.5 Å². The third-order valence-electron chi connectivity index (χ3n) is 4.48. The minimum absolute atomic E-state index is 0.0581. The second-order valence-corrected chi connectivity index (χ2v) is 9.31. The van der Waals surface area contributed by atoms with Crippen LogP contribution in [0.3, 0.4) is 0 Å². The molecule has 0 bridgehead atoms. The molecule has 2 aromatic rings. The molecule has 0 spiro atoms. The first kappa shape index (κ1) is 19.1. The van der Waals surface area contributed by atoms with Crippen LogP contribution in [0.5, 0.6) is 0 Å². The number of furan rings is 1. The number of nitrogens with one attached hydrogen (secondary N) is 1. The number of aliphatic hydroxyl groups is 1. The predicted octanol–water partition coefficient (Wildman–Crippen LogP) is 1.83. The third kappa shape index (κ3) is 4.53. The molecule has 142 valence electrons. The Hall–Kier alpha value is -1.68. The van der Waals surface area contributed by atoms with Gasteiger partial charge in [-0.3, -0.25) is 4.79 Å². The number of hydrogen-bond donors (Lipinski definition) is 2. The molecular formula is C17H22N2O5S2. The van der Waals surface area contributed by atoms with Crippen LogP contribution >= 0.6 is 11.3 Å². The van der Waals surface area contributed by atoms with E-state index in [-0.39, 0.29) is 18.4 Å². The molecule has 0 aliphatic carbocycles. The Labute approximate surface area is 156 Å². The van der Waals surface area contributed by atoms with Crippen LogP contribution in [-0.4, -0.2) is 49.6 Å². The van der Waals surface area contributed by atoms with Crippen molar-refractivity contribution in [1.29, 1.82) is 0 Å². The van der Waals surface area contributed by atoms with E-state index in [0.717, 1.165) is 4.88 Å². The van der Waals surface area contributed by atoms with Crippen molar-refractivity contribution in [2.24, 2.45) is 5.92 Å². The van der Waals surface area contributed by atoms with Crippen LogP contribution < -0.4 is 5.32 Å². The fourth-order valence-corrected chi connectivity index (χ4v) is 4.54. The summed E-state index contributed by atoms with van der Waals surface area (Å²) in [5, 5.41) is 14.9. The molecule has 0 radical (unpaired) electrons. The zero-order chi connectivity index (χ0) is 18.7. The van der Waals surface area contributed by atoms with Crippen molar-refractivity contribution in [2.75, 3.05) is 25.9 Å². The first-order valence-electron chi connectivity index (χ1n) is 8.39. The summed E-state index contributed by atoms with van der Waals surface area (Å²) in [6.45, 7) is 0.756. The Kier molecular flexibility index (Phi) is 5.81. The van der Waals surface area contributed by atoms with E-state index in [4.69, 9.17) is 4.42 Å². The van der Waals surface area contributed by atoms with Crippen molar-refractivity contribution in [3.63, 3.8) is 0 Å². The number of amides is 1. The summed E-state index contributed by atoms with van der Waals surface area (Å²) < 4.78 is 30.1. The van der Waals surface area contributed by atoms with Gasteiger partial charge in [0.1, 0.15) is 17.6 Å². The number of carbonyl (C=O) groups excluding carboxylic acids is 1. The van der Waals surface area contributed by atoms with Crippen molar-refractivity contribution in [2.45, 2.75) is 18.9 Å². The molecule has 1 atom stereocenters. The zero-order valence-corrected chi connectivity index (χ0v) is 16.1. The Morgan fingerprint density at radius 3 is 2.73 bits per heavy atom. The number of rotatable bonds is 6. The first-order chi connectivity index (χ1) is 12.3. The number of aliphatic hydroxyl groups excluding tert-OH is 1. The summed E-state index contributed by atoms with van der Waals surface area (Å²) in [6.07, 6.45) is 1.22. The van der Waals surface area contributed by atoms with E-state index >= 15 is 0 Å². The van der Waals surface area contributed by atoms with Gasteiger partial charge in [-0.1, -0.05) is 6.07 Å². The van der Waals surface area contributed by atoms with Crippen molar-refractivity contribution in [3.8, 4) is 10.6 Å². The van der Waals surface area contributed by atoms with Gasteiger partial charge in [0.05, 0.1) is 17.7 Å². The fraction of sp³-hybridized carbons (Fsp3) is 0.471. The van der Waals surface area contributed by atoms with Gasteiger partial charge in [0, 0.05) is 19.0 Å². The molecule has 26 heavy (non-hydrogen) atoms. The molecule has 3 heterocycles. The smallest absolute Gasteiger partial charge is 0.223 e. The van der Waals surface area contributed by atoms with E-state index in [1.807, 2.05) is 17.5 Å². The third-order valence-corrected chi connectivity index (χ3v) is 6.67. The van der Waals surface area contributed by atoms with E-state index in [1.54, 1.807) is 23.5 Å². The first-order valence-corrected chi connectivity index (χ1v) is 11.1. The second kappa shape index (κ2) is 7.91. The lowest BCUT2D eigenvalue weighted by Gasteiger charge is -2.29. The van der Waals surface area contributed by atoms with Crippen LogP contribution in [0.4, 0.5) is 0 Å². The molecule has 1 aliphatic rings. The molecule has 0 aromatic carbocycles. The van der Waals surface area contributed by atoms with Crippen molar-refractivity contribution >= 4 is 27.3 Å². The summed E-state index contributed by atoms with van der Waals surface area (Å²) in [5.74, 6) is 0.690. The summed E-state index contributed by atoms with van der Waals surface area (Å²) in [4.78, 5) is 13.2. The average Bonchev–Trinajstić information content (AvgIpc) is 3.29. The minimum atomic E-state index is -3.20. The molecule has 1 amide bonds. The Bertz CT molecular complexity index is 836. The van der Waals surface area contributed by atoms with Gasteiger partial charge in [0.25, 0.3) is 0 Å². The van der Waals surface area contributed by atoms with Gasteiger partial charge in [-0.2, -0.15) is 0 Å². The Morgan fingerprint density at radius 1 is 1.38 bits per heavy atom. The lowest BCUT2D eigenvalue weighted by molar-refractivity contribution is -0.126. The highest BCUT2D eigenvalue weighted by Crippen LogP contribution is 2.28. The highest BCUT2D eigenvalue weighted by atomic mass is 32.2. The number of sulfonamides is 1. The van der Waals surface area contributed by atoms with Gasteiger partial charge in [-0.25, -0.2) is 12.7 Å². The van der Waals surface area contributed by atoms with E-state index in [9.17, 15) is 18.3 Å². The van der Waals surface area contributed by atoms with Gasteiger partial charge in [0.2, 0.25) is 15.9 Å². The van der Waals surface area contributed by atoms with Gasteiger partial charge >= 0.3 is 0 Å². The van der Waals surface area contributed by atoms with Gasteiger partial charge < -0.3 is 14.8 Å². The van der Waals surface area contributed by atoms with E-state index in [1.165, 1.54) is 10.6 Å². The maximum Gasteiger partial charge on any atom is 0.223 e. The minimum Gasteiger partial charge on any atom is -0.457 e. The standard InChI is InChI=1S/C17H22N2O5S2/c1-26(22,23)19-8-6-12(7-9-19)17(21)18-11-13(20)14-4-5-15(24-14)16-3-2-10-25-16/h2-5,10,12-13,20H,6-9,11H2,1H3,(H,18,21). The van der Waals surface area contributed by atoms with E-state index in [2.05, 4.69) is 5.32 Å². The number of hydrogen-bond acceptors (Lipinski definition) is 6. The fourth-order valence-electron chi connectivity index (χ4n) is 2.97. The van der Waals surface area contributed by atoms with E-state index < -0.39 is 16.1 Å². The molecular weight excluding hydrogens is 376 g/mol. The molecule has 3 rings (SSSR count). The van der Waals surface area contributed by atoms with Crippen LogP contribution in [0.1, 0.15) is 24.7 Å². The summed E-state index contributed by atoms with van der Waals surface area (Å²) in [6, 6.07) is 7.36. The number of piperidine rings is 1. The monoisotopic (exact) mass is 398 g/mol. The van der Waals surface area contributed by atoms with Crippen molar-refractivity contribution in [3.05, 3.63) is 35.4 Å². The van der Waals surface area contributed by atoms with Crippen molar-refractivity contribution < 1.29 is 22.7 Å². The number of nitrogens with zero attached hydrogens (tertiary/aromatic N) is 1. The highest BCUT2D eigenvalue weighted by Gasteiger charge is 2.29. The van der Waals surface area contributed by atoms with Crippen molar-refractivity contribution in [1.82, 2.24) is 9.62 Å². The van der Waals surface area contributed by atoms with Crippen LogP contribution in [0, 0.1) is 5.92 Å². The zero-order valence-electron chi connectivity index (χ0n) is 14.4. The van der Waals surface area contributed by atoms with Crippen LogP contribution in [-0.2, 0) is 14.8 Å². The molecule has 2 aromatic heterocycles.